The number of aromatic nitrogens is 4. The van der Waals surface area contributed by atoms with Crippen molar-refractivity contribution in [3.05, 3.63) is 0 Å². The van der Waals surface area contributed by atoms with Crippen LogP contribution in [0.4, 0.5) is 5.95 Å². The molecule has 0 aliphatic heterocycles. The molecule has 0 aromatic carbocycles. The summed E-state index contributed by atoms with van der Waals surface area (Å²) in [6.45, 7) is 0.898. The maximum absolute atomic E-state index is 3.77. The summed E-state index contributed by atoms with van der Waals surface area (Å²) in [4.78, 5) is 0. The van der Waals surface area contributed by atoms with Gasteiger partial charge >= 0.3 is 0 Å². The van der Waals surface area contributed by atoms with E-state index in [0.717, 1.165) is 18.2 Å². The van der Waals surface area contributed by atoms with Gasteiger partial charge in [-0.3, -0.25) is 0 Å². The fourth-order valence-corrected chi connectivity index (χ4v) is 0.950. The maximum atomic E-state index is 3.77. The number of anilines is 1. The van der Waals surface area contributed by atoms with Gasteiger partial charge < -0.3 is 5.32 Å². The average Bonchev–Trinajstić information content (AvgIpc) is 2.37. The molecule has 1 N–H and O–H groups in total. The lowest BCUT2D eigenvalue weighted by molar-refractivity contribution is 0.713. The SMILES string of the molecule is CSCCNc1nnnn1C. The van der Waals surface area contributed by atoms with Gasteiger partial charge in [-0.05, 0) is 16.7 Å². The Bertz CT molecular complexity index is 210. The van der Waals surface area contributed by atoms with E-state index < -0.39 is 0 Å². The number of nitrogens with one attached hydrogen (secondary N) is 1. The monoisotopic (exact) mass is 173 g/mol. The van der Waals surface area contributed by atoms with Crippen molar-refractivity contribution in [3.8, 4) is 0 Å². The Hall–Kier alpha value is -0.780. The average molecular weight is 173 g/mol. The van der Waals surface area contributed by atoms with Gasteiger partial charge in [-0.1, -0.05) is 5.10 Å². The van der Waals surface area contributed by atoms with E-state index >= 15 is 0 Å². The highest BCUT2D eigenvalue weighted by Gasteiger charge is 1.97. The van der Waals surface area contributed by atoms with E-state index in [1.165, 1.54) is 0 Å². The Morgan fingerprint density at radius 3 is 3.00 bits per heavy atom. The number of aryl methyl sites for hydroxylation is 1. The first-order valence-corrected chi connectivity index (χ1v) is 4.69. The van der Waals surface area contributed by atoms with Crippen LogP contribution in [-0.2, 0) is 7.05 Å². The number of tetrazole rings is 1. The first-order chi connectivity index (χ1) is 5.34. The second kappa shape index (κ2) is 4.17. The zero-order chi connectivity index (χ0) is 8.10. The summed E-state index contributed by atoms with van der Waals surface area (Å²) in [6.07, 6.45) is 2.07. The second-order valence-corrected chi connectivity index (χ2v) is 3.03. The molecule has 1 rings (SSSR count). The molecule has 11 heavy (non-hydrogen) atoms. The van der Waals surface area contributed by atoms with Gasteiger partial charge in [0.2, 0.25) is 5.95 Å². The molecule has 0 spiro atoms. The topological polar surface area (TPSA) is 55.6 Å². The lowest BCUT2D eigenvalue weighted by atomic mass is 10.7. The van der Waals surface area contributed by atoms with E-state index in [2.05, 4.69) is 27.1 Å². The summed E-state index contributed by atoms with van der Waals surface area (Å²) in [6, 6.07) is 0. The quantitative estimate of drug-likeness (QED) is 0.649. The smallest absolute Gasteiger partial charge is 0.242 e. The lowest BCUT2D eigenvalue weighted by Gasteiger charge is -2.00. The number of hydrogen-bond acceptors (Lipinski definition) is 5. The molecule has 0 aliphatic carbocycles. The molecule has 1 aromatic rings. The van der Waals surface area contributed by atoms with Crippen LogP contribution in [0.15, 0.2) is 0 Å². The molecule has 0 saturated carbocycles. The molecular weight excluding hydrogens is 162 g/mol. The highest BCUT2D eigenvalue weighted by Crippen LogP contribution is 1.96. The van der Waals surface area contributed by atoms with Gasteiger partial charge in [0, 0.05) is 19.3 Å². The summed E-state index contributed by atoms with van der Waals surface area (Å²) in [5, 5.41) is 14.0. The first-order valence-electron chi connectivity index (χ1n) is 3.29. The van der Waals surface area contributed by atoms with Crippen LogP contribution in [0.1, 0.15) is 0 Å². The van der Waals surface area contributed by atoms with Crippen molar-refractivity contribution >= 4 is 17.7 Å². The lowest BCUT2D eigenvalue weighted by Crippen LogP contribution is -2.08. The van der Waals surface area contributed by atoms with Crippen molar-refractivity contribution in [3.63, 3.8) is 0 Å². The zero-order valence-electron chi connectivity index (χ0n) is 6.61. The van der Waals surface area contributed by atoms with Gasteiger partial charge in [-0.2, -0.15) is 11.8 Å². The summed E-state index contributed by atoms with van der Waals surface area (Å²) in [5.41, 5.74) is 0. The fraction of sp³-hybridized carbons (Fsp3) is 0.800. The Morgan fingerprint density at radius 2 is 2.45 bits per heavy atom. The van der Waals surface area contributed by atoms with Gasteiger partial charge in [0.15, 0.2) is 0 Å². The largest absolute Gasteiger partial charge is 0.352 e. The first kappa shape index (κ1) is 8.32. The van der Waals surface area contributed by atoms with E-state index in [9.17, 15) is 0 Å². The van der Waals surface area contributed by atoms with E-state index in [-0.39, 0.29) is 0 Å². The Morgan fingerprint density at radius 1 is 1.64 bits per heavy atom. The standard InChI is InChI=1S/C5H11N5S/c1-10-5(7-8-9-10)6-3-4-11-2/h3-4H2,1-2H3,(H,6,7,9). The van der Waals surface area contributed by atoms with Crippen LogP contribution in [0.3, 0.4) is 0 Å². The van der Waals surface area contributed by atoms with E-state index in [1.54, 1.807) is 23.5 Å². The molecule has 0 fully saturated rings. The Balaban J connectivity index is 2.32. The van der Waals surface area contributed by atoms with Gasteiger partial charge in [0.05, 0.1) is 0 Å². The van der Waals surface area contributed by atoms with Crippen molar-refractivity contribution in [2.24, 2.45) is 7.05 Å². The summed E-state index contributed by atoms with van der Waals surface area (Å²) < 4.78 is 1.61. The van der Waals surface area contributed by atoms with Crippen LogP contribution in [-0.4, -0.2) is 38.8 Å². The maximum Gasteiger partial charge on any atom is 0.242 e. The third kappa shape index (κ3) is 2.38. The molecule has 1 heterocycles. The molecule has 62 valence electrons. The van der Waals surface area contributed by atoms with Crippen molar-refractivity contribution < 1.29 is 0 Å². The van der Waals surface area contributed by atoms with Crippen LogP contribution in [0.25, 0.3) is 0 Å². The van der Waals surface area contributed by atoms with E-state index in [1.807, 2.05) is 0 Å². The number of rotatable bonds is 4. The molecule has 6 heteroatoms. The molecular formula is C5H11N5S. The van der Waals surface area contributed by atoms with Gasteiger partial charge in [-0.15, -0.1) is 0 Å². The van der Waals surface area contributed by atoms with Crippen molar-refractivity contribution in [1.29, 1.82) is 0 Å². The molecule has 0 radical (unpaired) electrons. The molecule has 0 amide bonds. The minimum atomic E-state index is 0.721. The van der Waals surface area contributed by atoms with Crippen molar-refractivity contribution in [2.45, 2.75) is 0 Å². The predicted octanol–water partition coefficient (Wildman–Crippen LogP) is -0.0150. The molecule has 0 atom stereocenters. The zero-order valence-corrected chi connectivity index (χ0v) is 7.43. The second-order valence-electron chi connectivity index (χ2n) is 2.05. The van der Waals surface area contributed by atoms with E-state index in [4.69, 9.17) is 0 Å². The molecule has 1 aromatic heterocycles. The summed E-state index contributed by atoms with van der Waals surface area (Å²) >= 11 is 1.79. The Kier molecular flexibility index (Phi) is 3.15. The minimum Gasteiger partial charge on any atom is -0.352 e. The summed E-state index contributed by atoms with van der Waals surface area (Å²) in [7, 11) is 1.81. The van der Waals surface area contributed by atoms with Crippen LogP contribution in [0.2, 0.25) is 0 Å². The molecule has 0 saturated heterocycles. The van der Waals surface area contributed by atoms with Crippen LogP contribution < -0.4 is 5.32 Å². The van der Waals surface area contributed by atoms with Crippen molar-refractivity contribution in [1.82, 2.24) is 20.2 Å². The van der Waals surface area contributed by atoms with Crippen LogP contribution >= 0.6 is 11.8 Å². The van der Waals surface area contributed by atoms with E-state index in [0.29, 0.717) is 0 Å². The van der Waals surface area contributed by atoms with Crippen LogP contribution in [0.5, 0.6) is 0 Å². The molecule has 0 bridgehead atoms. The molecule has 0 unspecified atom stereocenters. The minimum absolute atomic E-state index is 0.721. The number of thioether (sulfide) groups is 1. The number of nitrogens with zero attached hydrogens (tertiary/aromatic N) is 4. The van der Waals surface area contributed by atoms with Gasteiger partial charge in [0.1, 0.15) is 0 Å². The number of hydrogen-bond donors (Lipinski definition) is 1. The van der Waals surface area contributed by atoms with Gasteiger partial charge in [-0.25, -0.2) is 4.68 Å². The van der Waals surface area contributed by atoms with Crippen LogP contribution in [0, 0.1) is 0 Å². The Labute approximate surface area is 69.5 Å². The normalized spacial score (nSPS) is 10.0. The highest BCUT2D eigenvalue weighted by molar-refractivity contribution is 7.98. The highest BCUT2D eigenvalue weighted by atomic mass is 32.2. The van der Waals surface area contributed by atoms with Gasteiger partial charge in [0.25, 0.3) is 0 Å². The molecule has 5 nitrogen and oxygen atoms in total. The van der Waals surface area contributed by atoms with Crippen molar-refractivity contribution in [2.75, 3.05) is 23.9 Å². The third-order valence-electron chi connectivity index (χ3n) is 1.21. The third-order valence-corrected chi connectivity index (χ3v) is 1.82. The molecule has 0 aliphatic rings. The summed E-state index contributed by atoms with van der Waals surface area (Å²) in [5.74, 6) is 1.78. The fourth-order valence-electron chi connectivity index (χ4n) is 0.644. The predicted molar refractivity (Wildman–Crippen MR) is 45.7 cm³/mol.